The number of amides is 1. The molecule has 2 aromatic rings. The summed E-state index contributed by atoms with van der Waals surface area (Å²) in [6, 6.07) is 7.05. The monoisotopic (exact) mass is 433 g/mol. The molecule has 0 heterocycles. The number of rotatable bonds is 5. The molecule has 6 nitrogen and oxygen atoms in total. The fourth-order valence-corrected chi connectivity index (χ4v) is 3.17. The van der Waals surface area contributed by atoms with Crippen molar-refractivity contribution in [2.75, 3.05) is 10.0 Å². The molecule has 0 radical (unpaired) electrons. The molecule has 0 aliphatic heterocycles. The lowest BCUT2D eigenvalue weighted by atomic mass is 9.87. The van der Waals surface area contributed by atoms with Gasteiger partial charge in [-0.25, -0.2) is 17.2 Å². The summed E-state index contributed by atoms with van der Waals surface area (Å²) in [7, 11) is -4.08. The number of nitrogens with two attached hydrogens (primary N) is 1. The second-order valence-corrected chi connectivity index (χ2v) is 8.77. The lowest BCUT2D eigenvalue weighted by Crippen LogP contribution is -2.45. The summed E-state index contributed by atoms with van der Waals surface area (Å²) in [6.45, 7) is 5.48. The van der Waals surface area contributed by atoms with Crippen LogP contribution in [0.1, 0.15) is 20.8 Å². The second kappa shape index (κ2) is 8.85. The van der Waals surface area contributed by atoms with E-state index in [0.717, 1.165) is 12.1 Å². The molecule has 1 amide bonds. The first-order chi connectivity index (χ1) is 12.4. The van der Waals surface area contributed by atoms with Crippen molar-refractivity contribution < 1.29 is 22.0 Å². The number of hydrogen-bond donors (Lipinski definition) is 3. The van der Waals surface area contributed by atoms with Crippen LogP contribution in [0.15, 0.2) is 47.4 Å². The van der Waals surface area contributed by atoms with E-state index in [-0.39, 0.29) is 23.0 Å². The van der Waals surface area contributed by atoms with Gasteiger partial charge in [-0.05, 0) is 41.8 Å². The van der Waals surface area contributed by atoms with Gasteiger partial charge in [0, 0.05) is 11.8 Å². The third-order valence-corrected chi connectivity index (χ3v) is 5.20. The maximum atomic E-state index is 13.6. The van der Waals surface area contributed by atoms with Crippen LogP contribution in [0.2, 0.25) is 0 Å². The normalized spacial score (nSPS) is 12.6. The van der Waals surface area contributed by atoms with E-state index in [1.807, 2.05) is 20.8 Å². The molecule has 0 spiro atoms. The zero-order chi connectivity index (χ0) is 20.4. The maximum absolute atomic E-state index is 13.6. The predicted molar refractivity (Wildman–Crippen MR) is 107 cm³/mol. The van der Waals surface area contributed by atoms with Crippen molar-refractivity contribution in [1.29, 1.82) is 0 Å². The highest BCUT2D eigenvalue weighted by atomic mass is 35.5. The number of hydrogen-bond acceptors (Lipinski definition) is 4. The molecule has 28 heavy (non-hydrogen) atoms. The van der Waals surface area contributed by atoms with E-state index in [1.54, 1.807) is 0 Å². The minimum Gasteiger partial charge on any atom is -0.325 e. The first-order valence-electron chi connectivity index (χ1n) is 8.04. The maximum Gasteiger partial charge on any atom is 0.261 e. The van der Waals surface area contributed by atoms with Crippen LogP contribution in [-0.2, 0) is 14.8 Å². The van der Waals surface area contributed by atoms with Crippen LogP contribution >= 0.6 is 12.4 Å². The lowest BCUT2D eigenvalue weighted by Gasteiger charge is -2.25. The SMILES string of the molecule is CC(C)(C)[C@H](N)C(=O)Nc1ccc(S(=O)(=O)Nc2ccc(F)cc2F)cc1.Cl. The number of carbonyl (C=O) groups is 1. The van der Waals surface area contributed by atoms with Gasteiger partial charge in [0.25, 0.3) is 10.0 Å². The molecule has 1 atom stereocenters. The molecule has 0 aliphatic rings. The Kier molecular flexibility index (Phi) is 7.52. The molecule has 2 aromatic carbocycles. The average molecular weight is 434 g/mol. The molecule has 0 saturated heterocycles. The summed E-state index contributed by atoms with van der Waals surface area (Å²) in [5.74, 6) is -2.24. The van der Waals surface area contributed by atoms with Gasteiger partial charge in [0.2, 0.25) is 5.91 Å². The van der Waals surface area contributed by atoms with Gasteiger partial charge in [0.05, 0.1) is 16.6 Å². The lowest BCUT2D eigenvalue weighted by molar-refractivity contribution is -0.119. The second-order valence-electron chi connectivity index (χ2n) is 7.09. The third kappa shape index (κ3) is 5.88. The van der Waals surface area contributed by atoms with Crippen LogP contribution < -0.4 is 15.8 Å². The standard InChI is InChI=1S/C18H21F2N3O3S.ClH/c1-18(2,3)16(21)17(24)22-12-5-7-13(8-6-12)27(25,26)23-15-9-4-11(19)10-14(15)20;/h4-10,16,23H,21H2,1-3H3,(H,22,24);1H/t16-;/m1./s1. The Bertz CT molecular complexity index is 946. The predicted octanol–water partition coefficient (Wildman–Crippen LogP) is 3.50. The summed E-state index contributed by atoms with van der Waals surface area (Å²) >= 11 is 0. The van der Waals surface area contributed by atoms with Crippen LogP contribution in [-0.4, -0.2) is 20.4 Å². The Labute approximate surface area is 169 Å². The van der Waals surface area contributed by atoms with Crippen molar-refractivity contribution in [1.82, 2.24) is 0 Å². The van der Waals surface area contributed by atoms with Gasteiger partial charge >= 0.3 is 0 Å². The number of nitrogens with one attached hydrogen (secondary N) is 2. The molecule has 0 bridgehead atoms. The molecule has 0 aromatic heterocycles. The number of carbonyl (C=O) groups excluding carboxylic acids is 1. The number of anilines is 2. The van der Waals surface area contributed by atoms with E-state index < -0.39 is 39.0 Å². The minimum atomic E-state index is -4.08. The van der Waals surface area contributed by atoms with Crippen molar-refractivity contribution >= 4 is 39.7 Å². The fourth-order valence-electron chi connectivity index (χ4n) is 2.11. The topological polar surface area (TPSA) is 101 Å². The Hall–Kier alpha value is -2.23. The molecule has 0 saturated carbocycles. The highest BCUT2D eigenvalue weighted by molar-refractivity contribution is 7.92. The summed E-state index contributed by atoms with van der Waals surface area (Å²) in [5, 5.41) is 2.61. The molecular weight excluding hydrogens is 412 g/mol. The van der Waals surface area contributed by atoms with E-state index in [9.17, 15) is 22.0 Å². The van der Waals surface area contributed by atoms with Crippen molar-refractivity contribution in [2.45, 2.75) is 31.7 Å². The smallest absolute Gasteiger partial charge is 0.261 e. The first kappa shape index (κ1) is 23.8. The Balaban J connectivity index is 0.00000392. The summed E-state index contributed by atoms with van der Waals surface area (Å²) in [4.78, 5) is 12.0. The quantitative estimate of drug-likeness (QED) is 0.671. The largest absolute Gasteiger partial charge is 0.325 e. The Morgan fingerprint density at radius 1 is 1.07 bits per heavy atom. The molecule has 4 N–H and O–H groups in total. The molecule has 2 rings (SSSR count). The van der Waals surface area contributed by atoms with Crippen LogP contribution in [0.4, 0.5) is 20.2 Å². The zero-order valence-electron chi connectivity index (χ0n) is 15.5. The van der Waals surface area contributed by atoms with E-state index in [0.29, 0.717) is 11.8 Å². The zero-order valence-corrected chi connectivity index (χ0v) is 17.1. The number of halogens is 3. The summed E-state index contributed by atoms with van der Waals surface area (Å²) in [5.41, 5.74) is 5.43. The van der Waals surface area contributed by atoms with Crippen LogP contribution in [0.25, 0.3) is 0 Å². The Morgan fingerprint density at radius 3 is 2.14 bits per heavy atom. The summed E-state index contributed by atoms with van der Waals surface area (Å²) in [6.07, 6.45) is 0. The van der Waals surface area contributed by atoms with Crippen LogP contribution in [0.5, 0.6) is 0 Å². The highest BCUT2D eigenvalue weighted by Gasteiger charge is 2.27. The van der Waals surface area contributed by atoms with Crippen LogP contribution in [0.3, 0.4) is 0 Å². The van der Waals surface area contributed by atoms with E-state index in [4.69, 9.17) is 5.73 Å². The van der Waals surface area contributed by atoms with E-state index in [2.05, 4.69) is 10.0 Å². The number of benzene rings is 2. The molecule has 0 fully saturated rings. The van der Waals surface area contributed by atoms with Crippen molar-refractivity contribution in [3.05, 3.63) is 54.1 Å². The third-order valence-electron chi connectivity index (χ3n) is 3.82. The summed E-state index contributed by atoms with van der Waals surface area (Å²) < 4.78 is 53.3. The molecule has 0 aliphatic carbocycles. The highest BCUT2D eigenvalue weighted by Crippen LogP contribution is 2.22. The Morgan fingerprint density at radius 2 is 1.64 bits per heavy atom. The van der Waals surface area contributed by atoms with Gasteiger partial charge in [-0.15, -0.1) is 12.4 Å². The minimum absolute atomic E-state index is 0. The van der Waals surface area contributed by atoms with Gasteiger partial charge in [-0.2, -0.15) is 0 Å². The average Bonchev–Trinajstić information content (AvgIpc) is 2.56. The van der Waals surface area contributed by atoms with Crippen molar-refractivity contribution in [3.63, 3.8) is 0 Å². The first-order valence-corrected chi connectivity index (χ1v) is 9.53. The number of sulfonamides is 1. The van der Waals surface area contributed by atoms with Crippen molar-refractivity contribution in [3.8, 4) is 0 Å². The molecule has 0 unspecified atom stereocenters. The van der Waals surface area contributed by atoms with Crippen molar-refractivity contribution in [2.24, 2.45) is 11.1 Å². The van der Waals surface area contributed by atoms with Crippen LogP contribution in [0, 0.1) is 17.0 Å². The fraction of sp³-hybridized carbons (Fsp3) is 0.278. The van der Waals surface area contributed by atoms with Gasteiger partial charge in [-0.1, -0.05) is 20.8 Å². The van der Waals surface area contributed by atoms with E-state index >= 15 is 0 Å². The van der Waals surface area contributed by atoms with Gasteiger partial charge in [-0.3, -0.25) is 9.52 Å². The molecule has 10 heteroatoms. The van der Waals surface area contributed by atoms with Gasteiger partial charge in [0.1, 0.15) is 11.6 Å². The molecule has 154 valence electrons. The van der Waals surface area contributed by atoms with Gasteiger partial charge < -0.3 is 11.1 Å². The van der Waals surface area contributed by atoms with E-state index in [1.165, 1.54) is 24.3 Å². The van der Waals surface area contributed by atoms with Gasteiger partial charge in [0.15, 0.2) is 0 Å². The molecular formula is C18H22ClF2N3O3S.